The van der Waals surface area contributed by atoms with Crippen LogP contribution in [-0.4, -0.2) is 29.2 Å². The lowest BCUT2D eigenvalue weighted by atomic mass is 10.1. The molecule has 0 fully saturated rings. The van der Waals surface area contributed by atoms with Gasteiger partial charge in [-0.3, -0.25) is 0 Å². The van der Waals surface area contributed by atoms with Gasteiger partial charge in [-0.1, -0.05) is 30.8 Å². The maximum absolute atomic E-state index is 5.94. The second-order valence-corrected chi connectivity index (χ2v) is 9.38. The molecule has 0 unspecified atom stereocenters. The van der Waals surface area contributed by atoms with Crippen LogP contribution in [0.2, 0.25) is 0 Å². The van der Waals surface area contributed by atoms with Crippen molar-refractivity contribution in [2.45, 2.75) is 6.10 Å². The zero-order chi connectivity index (χ0) is 26.1. The number of benzene rings is 4. The molecule has 4 aromatic carbocycles. The van der Waals surface area contributed by atoms with E-state index in [0.29, 0.717) is 24.5 Å². The number of nitrogen functional groups attached to an aromatic ring is 2. The van der Waals surface area contributed by atoms with E-state index >= 15 is 0 Å². The average Bonchev–Trinajstić information content (AvgIpc) is 2.92. The minimum Gasteiger partial charge on any atom is -0.495 e. The Kier molecular flexibility index (Phi) is 6.01. The summed E-state index contributed by atoms with van der Waals surface area (Å²) in [5.41, 5.74) is 18.8. The van der Waals surface area contributed by atoms with Crippen molar-refractivity contribution in [3.8, 4) is 0 Å². The van der Waals surface area contributed by atoms with Gasteiger partial charge in [0.05, 0.1) is 41.4 Å². The molecule has 7 heteroatoms. The highest BCUT2D eigenvalue weighted by molar-refractivity contribution is 5.96. The summed E-state index contributed by atoms with van der Waals surface area (Å²) in [6.07, 6.45) is 1.33. The molecule has 7 nitrogen and oxygen atoms in total. The van der Waals surface area contributed by atoms with Gasteiger partial charge in [0.15, 0.2) is 0 Å². The van der Waals surface area contributed by atoms with Gasteiger partial charge in [0.1, 0.15) is 6.10 Å². The van der Waals surface area contributed by atoms with Gasteiger partial charge >= 0.3 is 0 Å². The van der Waals surface area contributed by atoms with Gasteiger partial charge < -0.3 is 26.8 Å². The molecule has 0 amide bonds. The van der Waals surface area contributed by atoms with Crippen LogP contribution in [0.5, 0.6) is 0 Å². The highest BCUT2D eigenvalue weighted by Crippen LogP contribution is 2.25. The second kappa shape index (κ2) is 9.78. The van der Waals surface area contributed by atoms with Crippen LogP contribution < -0.4 is 22.1 Å². The molecule has 0 saturated carbocycles. The fourth-order valence-corrected chi connectivity index (χ4v) is 4.67. The lowest BCUT2D eigenvalue weighted by Gasteiger charge is -2.19. The molecule has 0 atom stereocenters. The summed E-state index contributed by atoms with van der Waals surface area (Å²) in [6, 6.07) is 28.2. The predicted molar refractivity (Wildman–Crippen MR) is 159 cm³/mol. The smallest absolute Gasteiger partial charge is 0.132 e. The van der Waals surface area contributed by atoms with Crippen molar-refractivity contribution in [1.82, 2.24) is 9.97 Å². The first-order chi connectivity index (χ1) is 18.5. The van der Waals surface area contributed by atoms with E-state index in [4.69, 9.17) is 26.2 Å². The normalized spacial score (nSPS) is 11.4. The zero-order valence-corrected chi connectivity index (χ0v) is 20.8. The highest BCUT2D eigenvalue weighted by atomic mass is 16.5. The number of nitrogens with two attached hydrogens (primary N) is 2. The van der Waals surface area contributed by atoms with Gasteiger partial charge in [-0.15, -0.1) is 0 Å². The number of nitrogens with zero attached hydrogens (tertiary/aromatic N) is 2. The number of anilines is 4. The van der Waals surface area contributed by atoms with Gasteiger partial charge in [-0.25, -0.2) is 9.97 Å². The molecule has 2 aromatic heterocycles. The molecule has 188 valence electrons. The largest absolute Gasteiger partial charge is 0.495 e. The minimum atomic E-state index is -0.146. The van der Waals surface area contributed by atoms with Crippen LogP contribution in [0.3, 0.4) is 0 Å². The Morgan fingerprint density at radius 3 is 1.50 bits per heavy atom. The summed E-state index contributed by atoms with van der Waals surface area (Å²) in [6.45, 7) is 4.91. The van der Waals surface area contributed by atoms with Crippen LogP contribution in [0.25, 0.3) is 43.6 Å². The Morgan fingerprint density at radius 1 is 0.632 bits per heavy atom. The summed E-state index contributed by atoms with van der Waals surface area (Å²) >= 11 is 0. The van der Waals surface area contributed by atoms with Crippen molar-refractivity contribution in [3.05, 3.63) is 97.8 Å². The first kappa shape index (κ1) is 23.4. The first-order valence-electron chi connectivity index (χ1n) is 12.5. The summed E-state index contributed by atoms with van der Waals surface area (Å²) in [4.78, 5) is 9.59. The van der Waals surface area contributed by atoms with E-state index in [0.717, 1.165) is 55.0 Å². The summed E-state index contributed by atoms with van der Waals surface area (Å²) in [7, 11) is 0. The van der Waals surface area contributed by atoms with Crippen molar-refractivity contribution in [2.75, 3.05) is 35.2 Å². The molecule has 0 radical (unpaired) electrons. The summed E-state index contributed by atoms with van der Waals surface area (Å²) in [5.74, 6) is 0. The second-order valence-electron chi connectivity index (χ2n) is 9.38. The quantitative estimate of drug-likeness (QED) is 0.110. The van der Waals surface area contributed by atoms with E-state index < -0.39 is 0 Å². The first-order valence-corrected chi connectivity index (χ1v) is 12.5. The maximum Gasteiger partial charge on any atom is 0.132 e. The molecule has 0 aliphatic rings. The van der Waals surface area contributed by atoms with E-state index in [1.54, 1.807) is 0 Å². The van der Waals surface area contributed by atoms with Gasteiger partial charge in [0, 0.05) is 44.3 Å². The van der Waals surface area contributed by atoms with Crippen LogP contribution in [0.1, 0.15) is 0 Å². The molecule has 2 heterocycles. The SMILES string of the molecule is C=COC(CNc1ccc2cc3ccc(N)cc3nc2c1)CNc1ccc2cc3ccc(N)cc3nc2c1. The van der Waals surface area contributed by atoms with Crippen molar-refractivity contribution in [3.63, 3.8) is 0 Å². The predicted octanol–water partition coefficient (Wildman–Crippen LogP) is 6.31. The number of rotatable bonds is 8. The van der Waals surface area contributed by atoms with Crippen molar-refractivity contribution in [1.29, 1.82) is 0 Å². The van der Waals surface area contributed by atoms with Crippen molar-refractivity contribution in [2.24, 2.45) is 0 Å². The molecule has 6 aromatic rings. The van der Waals surface area contributed by atoms with E-state index in [9.17, 15) is 0 Å². The average molecular weight is 501 g/mol. The molecular formula is C31H28N6O. The summed E-state index contributed by atoms with van der Waals surface area (Å²) < 4.78 is 5.78. The number of nitrogens with one attached hydrogen (secondary N) is 2. The van der Waals surface area contributed by atoms with E-state index in [1.807, 2.05) is 48.5 Å². The number of ether oxygens (including phenoxy) is 1. The Hall–Kier alpha value is -5.04. The Bertz CT molecular complexity index is 1690. The van der Waals surface area contributed by atoms with Crippen molar-refractivity contribution >= 4 is 66.4 Å². The maximum atomic E-state index is 5.94. The summed E-state index contributed by atoms with van der Waals surface area (Å²) in [5, 5.41) is 11.2. The molecule has 0 saturated heterocycles. The van der Waals surface area contributed by atoms with Gasteiger partial charge in [-0.05, 0) is 60.7 Å². The van der Waals surface area contributed by atoms with Crippen LogP contribution >= 0.6 is 0 Å². The minimum absolute atomic E-state index is 0.146. The van der Waals surface area contributed by atoms with Crippen molar-refractivity contribution < 1.29 is 4.74 Å². The van der Waals surface area contributed by atoms with Crippen LogP contribution in [-0.2, 0) is 4.74 Å². The van der Waals surface area contributed by atoms with E-state index in [1.165, 1.54) is 6.26 Å². The third kappa shape index (κ3) is 4.82. The van der Waals surface area contributed by atoms with Gasteiger partial charge in [0.2, 0.25) is 0 Å². The Labute approximate surface area is 220 Å². The number of fused-ring (bicyclic) bond motifs is 4. The third-order valence-corrected chi connectivity index (χ3v) is 6.63. The Morgan fingerprint density at radius 2 is 1.05 bits per heavy atom. The van der Waals surface area contributed by atoms with E-state index in [-0.39, 0.29) is 6.10 Å². The molecule has 0 spiro atoms. The zero-order valence-electron chi connectivity index (χ0n) is 20.8. The highest BCUT2D eigenvalue weighted by Gasteiger charge is 2.10. The molecule has 6 N–H and O–H groups in total. The van der Waals surface area contributed by atoms with E-state index in [2.05, 4.69) is 53.6 Å². The molecule has 38 heavy (non-hydrogen) atoms. The van der Waals surface area contributed by atoms with Crippen LogP contribution in [0.15, 0.2) is 97.8 Å². The number of pyridine rings is 2. The number of hydrogen-bond acceptors (Lipinski definition) is 7. The number of hydrogen-bond donors (Lipinski definition) is 4. The fraction of sp³-hybridized carbons (Fsp3) is 0.0968. The van der Waals surface area contributed by atoms with Crippen LogP contribution in [0, 0.1) is 0 Å². The number of aromatic nitrogens is 2. The lowest BCUT2D eigenvalue weighted by molar-refractivity contribution is 0.168. The lowest BCUT2D eigenvalue weighted by Crippen LogP contribution is -2.29. The topological polar surface area (TPSA) is 111 Å². The van der Waals surface area contributed by atoms with Gasteiger partial charge in [-0.2, -0.15) is 0 Å². The molecule has 0 bridgehead atoms. The molecular weight excluding hydrogens is 472 g/mol. The molecule has 0 aliphatic carbocycles. The molecule has 6 rings (SSSR count). The standard InChI is InChI=1S/C31H28N6O/c1-2-38-27(17-34-25-9-5-21-11-19-3-7-23(32)13-28(19)36-30(21)15-25)18-35-26-10-6-22-12-20-4-8-24(33)14-29(20)37-31(22)16-26/h2-16,27,34-35H,1,17-18,32-33H2. The monoisotopic (exact) mass is 500 g/mol. The fourth-order valence-electron chi connectivity index (χ4n) is 4.67. The molecule has 0 aliphatic heterocycles. The third-order valence-electron chi connectivity index (χ3n) is 6.63. The van der Waals surface area contributed by atoms with Crippen LogP contribution in [0.4, 0.5) is 22.7 Å². The Balaban J connectivity index is 1.15. The van der Waals surface area contributed by atoms with Gasteiger partial charge in [0.25, 0.3) is 0 Å².